The highest BCUT2D eigenvalue weighted by Gasteiger charge is 2.25. The maximum absolute atomic E-state index is 13.0. The summed E-state index contributed by atoms with van der Waals surface area (Å²) in [6.45, 7) is 5.90. The highest BCUT2D eigenvalue weighted by atomic mass is 16.2. The number of carbonyl (C=O) groups is 2. The monoisotopic (exact) mass is 728 g/mol. The molecule has 53 heavy (non-hydrogen) atoms. The second kappa shape index (κ2) is 20.0. The van der Waals surface area contributed by atoms with Gasteiger partial charge in [0.15, 0.2) is 0 Å². The van der Waals surface area contributed by atoms with Gasteiger partial charge in [-0.2, -0.15) is 4.98 Å². The molecular formula is C37H56N14O2. The Bertz CT molecular complexity index is 1700. The largest absolute Gasteiger partial charge is 0.367 e. The highest BCUT2D eigenvalue weighted by molar-refractivity contribution is 5.90. The van der Waals surface area contributed by atoms with E-state index in [1.807, 2.05) is 40.0 Å². The molecule has 1 atom stereocenters. The number of nitrogens with two attached hydrogens (primary N) is 1. The molecule has 1 aliphatic carbocycles. The van der Waals surface area contributed by atoms with Crippen LogP contribution in [0.25, 0.3) is 10.9 Å². The van der Waals surface area contributed by atoms with E-state index in [0.29, 0.717) is 38.5 Å². The van der Waals surface area contributed by atoms with Gasteiger partial charge in [0, 0.05) is 49.7 Å². The van der Waals surface area contributed by atoms with Crippen molar-refractivity contribution < 1.29 is 9.59 Å². The third kappa shape index (κ3) is 11.9. The molecule has 2 aliphatic rings. The lowest BCUT2D eigenvalue weighted by atomic mass is 9.95. The number of aromatic amines is 1. The lowest BCUT2D eigenvalue weighted by Gasteiger charge is -2.33. The van der Waals surface area contributed by atoms with Crippen LogP contribution in [0.5, 0.6) is 0 Å². The minimum absolute atomic E-state index is 0.0147. The number of para-hydroxylation sites is 1. The molecule has 0 bridgehead atoms. The van der Waals surface area contributed by atoms with Crippen LogP contribution in [0.4, 0.5) is 11.8 Å². The summed E-state index contributed by atoms with van der Waals surface area (Å²) in [7, 11) is 0. The molecule has 1 saturated carbocycles. The van der Waals surface area contributed by atoms with Crippen LogP contribution in [0, 0.1) is 0 Å². The van der Waals surface area contributed by atoms with Crippen LogP contribution in [0.1, 0.15) is 82.0 Å². The van der Waals surface area contributed by atoms with E-state index in [9.17, 15) is 9.59 Å². The van der Waals surface area contributed by atoms with Gasteiger partial charge in [0.2, 0.25) is 17.8 Å². The molecule has 0 spiro atoms. The average Bonchev–Trinajstić information content (AvgIpc) is 3.89. The maximum Gasteiger partial charge on any atom is 0.237 e. The number of benzene rings is 1. The number of likely N-dealkylation sites (tertiary alicyclic amines) is 1. The molecule has 0 unspecified atom stereocenters. The van der Waals surface area contributed by atoms with Crippen molar-refractivity contribution in [3.63, 3.8) is 0 Å². The molecule has 1 aromatic carbocycles. The second-order valence-electron chi connectivity index (χ2n) is 14.2. The molecular weight excluding hydrogens is 673 g/mol. The van der Waals surface area contributed by atoms with Crippen molar-refractivity contribution in [1.82, 2.24) is 55.8 Å². The van der Waals surface area contributed by atoms with E-state index in [2.05, 4.69) is 46.9 Å². The van der Waals surface area contributed by atoms with Crippen LogP contribution in [-0.4, -0.2) is 102 Å². The van der Waals surface area contributed by atoms with Gasteiger partial charge in [-0.05, 0) is 76.7 Å². The third-order valence-corrected chi connectivity index (χ3v) is 10.1. The smallest absolute Gasteiger partial charge is 0.237 e. The molecule has 1 saturated heterocycles. The number of carbonyl (C=O) groups excluding carboxylic acids is 2. The lowest BCUT2D eigenvalue weighted by molar-refractivity contribution is -0.132. The quantitative estimate of drug-likeness (QED) is 0.0656. The van der Waals surface area contributed by atoms with Crippen LogP contribution in [0.2, 0.25) is 0 Å². The summed E-state index contributed by atoms with van der Waals surface area (Å²) in [6.07, 6.45) is 16.2. The minimum atomic E-state index is -0.748. The van der Waals surface area contributed by atoms with Crippen molar-refractivity contribution in [2.45, 2.75) is 108 Å². The fraction of sp³-hybridized carbons (Fsp3) is 0.595. The number of rotatable bonds is 20. The van der Waals surface area contributed by atoms with Crippen LogP contribution >= 0.6 is 0 Å². The van der Waals surface area contributed by atoms with Crippen molar-refractivity contribution in [2.24, 2.45) is 5.73 Å². The van der Waals surface area contributed by atoms with Gasteiger partial charge in [-0.25, -0.2) is 9.97 Å². The normalized spacial score (nSPS) is 16.1. The van der Waals surface area contributed by atoms with E-state index in [0.717, 1.165) is 86.0 Å². The van der Waals surface area contributed by atoms with Crippen molar-refractivity contribution in [3.05, 3.63) is 54.4 Å². The van der Waals surface area contributed by atoms with Gasteiger partial charge in [-0.1, -0.05) is 36.6 Å². The number of H-pyrrole nitrogens is 1. The Kier molecular flexibility index (Phi) is 14.3. The number of nitrogens with zero attached hydrogens (tertiary/aromatic N) is 7. The topological polar surface area (TPSA) is 209 Å². The number of piperidine rings is 1. The number of hydrogen-bond donors (Lipinski definition) is 7. The van der Waals surface area contributed by atoms with Gasteiger partial charge >= 0.3 is 0 Å². The van der Waals surface area contributed by atoms with Crippen molar-refractivity contribution >= 4 is 34.5 Å². The zero-order chi connectivity index (χ0) is 36.7. The maximum atomic E-state index is 13.0. The van der Waals surface area contributed by atoms with Crippen LogP contribution in [0.3, 0.4) is 0 Å². The van der Waals surface area contributed by atoms with Crippen molar-refractivity contribution in [3.8, 4) is 0 Å². The Labute approximate surface area is 311 Å². The lowest BCUT2D eigenvalue weighted by Crippen LogP contribution is -2.44. The van der Waals surface area contributed by atoms with Gasteiger partial charge in [0.1, 0.15) is 11.5 Å². The molecule has 8 N–H and O–H groups in total. The number of hydrogen-bond acceptors (Lipinski definition) is 12. The number of imidazole rings is 1. The number of anilines is 2. The molecule has 16 nitrogen and oxygen atoms in total. The zero-order valence-electron chi connectivity index (χ0n) is 30.7. The molecule has 6 rings (SSSR count). The van der Waals surface area contributed by atoms with Gasteiger partial charge in [0.05, 0.1) is 42.9 Å². The Morgan fingerprint density at radius 1 is 0.962 bits per heavy atom. The first-order valence-electron chi connectivity index (χ1n) is 19.4. The SMILES string of the molecule is N[C@@H](CCC(=O)N1CCC(Nc2nc(NCc3cn(CCCNCCCNC4CCCCC4)nn3)nc3ccccc23)CC1)C(=O)NCc1cnc[nH]1. The van der Waals surface area contributed by atoms with Gasteiger partial charge in [0.25, 0.3) is 0 Å². The van der Waals surface area contributed by atoms with E-state index < -0.39 is 6.04 Å². The second-order valence-corrected chi connectivity index (χ2v) is 14.2. The van der Waals surface area contributed by atoms with Gasteiger partial charge in [-0.15, -0.1) is 5.10 Å². The minimum Gasteiger partial charge on any atom is -0.367 e. The molecule has 2 fully saturated rings. The van der Waals surface area contributed by atoms with E-state index in [1.165, 1.54) is 32.1 Å². The zero-order valence-corrected chi connectivity index (χ0v) is 30.7. The van der Waals surface area contributed by atoms with E-state index in [1.54, 1.807) is 12.5 Å². The summed E-state index contributed by atoms with van der Waals surface area (Å²) in [4.78, 5) is 43.6. The molecule has 1 aliphatic heterocycles. The fourth-order valence-electron chi connectivity index (χ4n) is 7.01. The predicted molar refractivity (Wildman–Crippen MR) is 205 cm³/mol. The first kappa shape index (κ1) is 38.1. The Hall–Kier alpha value is -4.67. The molecule has 16 heteroatoms. The van der Waals surface area contributed by atoms with Crippen molar-refractivity contribution in [2.75, 3.05) is 43.4 Å². The van der Waals surface area contributed by atoms with Crippen LogP contribution < -0.4 is 32.3 Å². The van der Waals surface area contributed by atoms with E-state index >= 15 is 0 Å². The Balaban J connectivity index is 0.898. The number of amides is 2. The average molecular weight is 729 g/mol. The molecule has 4 heterocycles. The molecule has 2 amide bonds. The number of aromatic nitrogens is 7. The van der Waals surface area contributed by atoms with Crippen LogP contribution in [0.15, 0.2) is 43.0 Å². The Morgan fingerprint density at radius 3 is 2.62 bits per heavy atom. The van der Waals surface area contributed by atoms with E-state index in [4.69, 9.17) is 15.7 Å². The summed E-state index contributed by atoms with van der Waals surface area (Å²) in [5.41, 5.74) is 8.52. The predicted octanol–water partition coefficient (Wildman–Crippen LogP) is 2.68. The molecule has 286 valence electrons. The summed E-state index contributed by atoms with van der Waals surface area (Å²) in [6, 6.07) is 8.08. The summed E-state index contributed by atoms with van der Waals surface area (Å²) in [5.74, 6) is 1.01. The van der Waals surface area contributed by atoms with Gasteiger partial charge < -0.3 is 42.2 Å². The highest BCUT2D eigenvalue weighted by Crippen LogP contribution is 2.25. The first-order chi connectivity index (χ1) is 26.0. The standard InChI is InChI=1S/C37H56N14O2/c38-32(36(53)42-23-29-22-40-26-44-29)12-13-34(52)50-20-14-28(15-21-50)45-35-31-10-4-5-11-33(31)46-37(47-35)43-24-30-25-51(49-48-30)19-7-17-39-16-6-18-41-27-8-2-1-3-9-27/h4-5,10-11,22,25-28,32,39,41H,1-3,6-9,12-21,23-24,38H2,(H,40,44)(H,42,53)(H2,43,45,46,47)/t32-/m0/s1. The number of fused-ring (bicyclic) bond motifs is 1. The molecule has 4 aromatic rings. The molecule has 0 radical (unpaired) electrons. The fourth-order valence-corrected chi connectivity index (χ4v) is 7.01. The number of aryl methyl sites for hydroxylation is 1. The Morgan fingerprint density at radius 2 is 1.79 bits per heavy atom. The van der Waals surface area contributed by atoms with E-state index in [-0.39, 0.29) is 24.3 Å². The third-order valence-electron chi connectivity index (χ3n) is 10.1. The van der Waals surface area contributed by atoms with Crippen molar-refractivity contribution in [1.29, 1.82) is 0 Å². The summed E-state index contributed by atoms with van der Waals surface area (Å²) in [5, 5.41) is 26.6. The summed E-state index contributed by atoms with van der Waals surface area (Å²) < 4.78 is 1.89. The van der Waals surface area contributed by atoms with Crippen LogP contribution in [-0.2, 0) is 29.2 Å². The molecule has 3 aromatic heterocycles. The number of nitrogens with one attached hydrogen (secondary N) is 6. The first-order valence-corrected chi connectivity index (χ1v) is 19.4. The van der Waals surface area contributed by atoms with Gasteiger partial charge in [-0.3, -0.25) is 14.3 Å². The summed E-state index contributed by atoms with van der Waals surface area (Å²) >= 11 is 0.